The third-order valence-corrected chi connectivity index (χ3v) is 5.81. The SMILES string of the molecule is CN=C(NCc1cccc(NC(=O)N2CCCC2)c1)NC(C)Cc1c(C)nn(C)c1C.I. The fourth-order valence-electron chi connectivity index (χ4n) is 3.97. The van der Waals surface area contributed by atoms with E-state index in [0.717, 1.165) is 55.3 Å². The van der Waals surface area contributed by atoms with Crippen LogP contribution in [0.1, 0.15) is 42.3 Å². The first-order valence-electron chi connectivity index (χ1n) is 11.0. The highest BCUT2D eigenvalue weighted by molar-refractivity contribution is 14.0. The number of aryl methyl sites for hydroxylation is 2. The van der Waals surface area contributed by atoms with Gasteiger partial charge in [-0.15, -0.1) is 24.0 Å². The maximum Gasteiger partial charge on any atom is 0.321 e. The molecule has 32 heavy (non-hydrogen) atoms. The van der Waals surface area contributed by atoms with Gasteiger partial charge in [0.1, 0.15) is 0 Å². The molecule has 0 aliphatic carbocycles. The molecule has 9 heteroatoms. The van der Waals surface area contributed by atoms with Gasteiger partial charge in [0.2, 0.25) is 0 Å². The number of benzene rings is 1. The Hall–Kier alpha value is -2.30. The Bertz CT molecular complexity index is 934. The van der Waals surface area contributed by atoms with E-state index < -0.39 is 0 Å². The number of anilines is 1. The fourth-order valence-corrected chi connectivity index (χ4v) is 3.97. The number of hydrogen-bond donors (Lipinski definition) is 3. The topological polar surface area (TPSA) is 86.6 Å². The molecular weight excluding hydrogens is 517 g/mol. The highest BCUT2D eigenvalue weighted by Gasteiger charge is 2.18. The second-order valence-corrected chi connectivity index (χ2v) is 8.27. The lowest BCUT2D eigenvalue weighted by atomic mass is 10.1. The van der Waals surface area contributed by atoms with Gasteiger partial charge in [0.05, 0.1) is 5.69 Å². The molecule has 1 aliphatic rings. The first-order valence-corrected chi connectivity index (χ1v) is 11.0. The molecule has 2 heterocycles. The van der Waals surface area contributed by atoms with Crippen molar-refractivity contribution < 1.29 is 4.79 Å². The predicted octanol–water partition coefficient (Wildman–Crippen LogP) is 3.58. The van der Waals surface area contributed by atoms with Crippen LogP contribution in [0, 0.1) is 13.8 Å². The van der Waals surface area contributed by atoms with E-state index in [9.17, 15) is 4.79 Å². The molecule has 2 amide bonds. The zero-order valence-corrected chi connectivity index (χ0v) is 22.1. The molecule has 2 aromatic rings. The van der Waals surface area contributed by atoms with Crippen LogP contribution < -0.4 is 16.0 Å². The Morgan fingerprint density at radius 2 is 1.97 bits per heavy atom. The predicted molar refractivity (Wildman–Crippen MR) is 141 cm³/mol. The van der Waals surface area contributed by atoms with Crippen LogP contribution in [0.2, 0.25) is 0 Å². The minimum absolute atomic E-state index is 0. The Morgan fingerprint density at radius 1 is 1.25 bits per heavy atom. The molecule has 1 atom stereocenters. The van der Waals surface area contributed by atoms with Crippen molar-refractivity contribution >= 4 is 41.7 Å². The van der Waals surface area contributed by atoms with Crippen molar-refractivity contribution in [2.75, 3.05) is 25.5 Å². The average molecular weight is 553 g/mol. The van der Waals surface area contributed by atoms with Gasteiger partial charge in [-0.3, -0.25) is 9.67 Å². The van der Waals surface area contributed by atoms with Gasteiger partial charge in [0.15, 0.2) is 5.96 Å². The number of nitrogens with zero attached hydrogens (tertiary/aromatic N) is 4. The second kappa shape index (κ2) is 12.1. The van der Waals surface area contributed by atoms with Crippen LogP contribution in [0.4, 0.5) is 10.5 Å². The summed E-state index contributed by atoms with van der Waals surface area (Å²) in [5.74, 6) is 0.748. The molecule has 0 saturated carbocycles. The first-order chi connectivity index (χ1) is 14.9. The molecule has 3 rings (SSSR count). The van der Waals surface area contributed by atoms with E-state index in [1.807, 2.05) is 40.9 Å². The Kier molecular flexibility index (Phi) is 9.80. The van der Waals surface area contributed by atoms with Gasteiger partial charge in [-0.2, -0.15) is 5.10 Å². The Morgan fingerprint density at radius 3 is 2.59 bits per heavy atom. The molecule has 1 aliphatic heterocycles. The zero-order valence-electron chi connectivity index (χ0n) is 19.7. The number of urea groups is 1. The highest BCUT2D eigenvalue weighted by Crippen LogP contribution is 2.15. The number of rotatable bonds is 6. The average Bonchev–Trinajstić information content (AvgIpc) is 3.36. The van der Waals surface area contributed by atoms with Gasteiger partial charge in [-0.1, -0.05) is 12.1 Å². The van der Waals surface area contributed by atoms with E-state index in [2.05, 4.69) is 46.8 Å². The molecule has 0 radical (unpaired) electrons. The lowest BCUT2D eigenvalue weighted by Gasteiger charge is -2.19. The number of carbonyl (C=O) groups is 1. The minimum Gasteiger partial charge on any atom is -0.354 e. The van der Waals surface area contributed by atoms with Gasteiger partial charge in [0.25, 0.3) is 0 Å². The zero-order chi connectivity index (χ0) is 22.4. The number of amides is 2. The molecule has 8 nitrogen and oxygen atoms in total. The highest BCUT2D eigenvalue weighted by atomic mass is 127. The van der Waals surface area contributed by atoms with Crippen molar-refractivity contribution in [1.82, 2.24) is 25.3 Å². The van der Waals surface area contributed by atoms with Crippen LogP contribution in [-0.4, -0.2) is 52.9 Å². The number of carbonyl (C=O) groups excluding carboxylic acids is 1. The smallest absolute Gasteiger partial charge is 0.321 e. The molecule has 1 unspecified atom stereocenters. The number of aromatic nitrogens is 2. The van der Waals surface area contributed by atoms with E-state index in [-0.39, 0.29) is 36.0 Å². The number of hydrogen-bond acceptors (Lipinski definition) is 3. The third kappa shape index (κ3) is 6.85. The third-order valence-electron chi connectivity index (χ3n) is 5.81. The maximum atomic E-state index is 12.3. The summed E-state index contributed by atoms with van der Waals surface area (Å²) in [5, 5.41) is 14.3. The molecule has 3 N–H and O–H groups in total. The summed E-state index contributed by atoms with van der Waals surface area (Å²) in [4.78, 5) is 18.5. The number of halogens is 1. The van der Waals surface area contributed by atoms with Gasteiger partial charge in [-0.25, -0.2) is 4.79 Å². The molecule has 0 spiro atoms. The van der Waals surface area contributed by atoms with Gasteiger partial charge >= 0.3 is 6.03 Å². The largest absolute Gasteiger partial charge is 0.354 e. The number of nitrogens with one attached hydrogen (secondary N) is 3. The molecule has 0 bridgehead atoms. The maximum absolute atomic E-state index is 12.3. The van der Waals surface area contributed by atoms with Crippen LogP contribution in [0.5, 0.6) is 0 Å². The number of aliphatic imine (C=N–C) groups is 1. The molecule has 1 saturated heterocycles. The quantitative estimate of drug-likeness (QED) is 0.290. The standard InChI is InChI=1S/C23H35N7O.HI/c1-16(13-21-17(2)28-29(5)18(21)3)26-22(24-4)25-15-19-9-8-10-20(14-19)27-23(31)30-11-6-7-12-30;/h8-10,14,16H,6-7,11-13,15H2,1-5H3,(H,27,31)(H2,24,25,26);1H. The van der Waals surface area contributed by atoms with E-state index in [1.165, 1.54) is 11.3 Å². The Labute approximate surface area is 208 Å². The van der Waals surface area contributed by atoms with E-state index in [4.69, 9.17) is 0 Å². The van der Waals surface area contributed by atoms with E-state index in [1.54, 1.807) is 7.05 Å². The molecule has 1 aromatic carbocycles. The van der Waals surface area contributed by atoms with Crippen LogP contribution in [-0.2, 0) is 20.0 Å². The van der Waals surface area contributed by atoms with Crippen molar-refractivity contribution in [3.05, 3.63) is 46.8 Å². The lowest BCUT2D eigenvalue weighted by Crippen LogP contribution is -2.42. The second-order valence-electron chi connectivity index (χ2n) is 8.27. The van der Waals surface area contributed by atoms with Crippen LogP contribution in [0.3, 0.4) is 0 Å². The van der Waals surface area contributed by atoms with E-state index >= 15 is 0 Å². The van der Waals surface area contributed by atoms with Crippen LogP contribution in [0.15, 0.2) is 29.3 Å². The summed E-state index contributed by atoms with van der Waals surface area (Å²) in [6.45, 7) is 8.59. The fraction of sp³-hybridized carbons (Fsp3) is 0.522. The summed E-state index contributed by atoms with van der Waals surface area (Å²) >= 11 is 0. The summed E-state index contributed by atoms with van der Waals surface area (Å²) < 4.78 is 1.93. The summed E-state index contributed by atoms with van der Waals surface area (Å²) in [6, 6.07) is 8.11. The number of guanidine groups is 1. The molecular formula is C23H36IN7O. The molecule has 176 valence electrons. The summed E-state index contributed by atoms with van der Waals surface area (Å²) in [7, 11) is 3.75. The minimum atomic E-state index is -0.0186. The van der Waals surface area contributed by atoms with Crippen LogP contribution >= 0.6 is 24.0 Å². The van der Waals surface area contributed by atoms with Gasteiger partial charge < -0.3 is 20.9 Å². The van der Waals surface area contributed by atoms with Crippen LogP contribution in [0.25, 0.3) is 0 Å². The van der Waals surface area contributed by atoms with Crippen molar-refractivity contribution in [2.24, 2.45) is 12.0 Å². The monoisotopic (exact) mass is 553 g/mol. The summed E-state index contributed by atoms with van der Waals surface area (Å²) in [5.41, 5.74) is 5.44. The summed E-state index contributed by atoms with van der Waals surface area (Å²) in [6.07, 6.45) is 3.05. The first kappa shape index (κ1) is 26.0. The van der Waals surface area contributed by atoms with Crippen molar-refractivity contribution in [1.29, 1.82) is 0 Å². The van der Waals surface area contributed by atoms with Crippen molar-refractivity contribution in [2.45, 2.75) is 52.6 Å². The van der Waals surface area contributed by atoms with Crippen molar-refractivity contribution in [3.63, 3.8) is 0 Å². The molecule has 1 aromatic heterocycles. The van der Waals surface area contributed by atoms with Gasteiger partial charge in [-0.05, 0) is 63.3 Å². The van der Waals surface area contributed by atoms with E-state index in [0.29, 0.717) is 6.54 Å². The number of likely N-dealkylation sites (tertiary alicyclic amines) is 1. The van der Waals surface area contributed by atoms with Gasteiger partial charge in [0, 0.05) is 51.2 Å². The lowest BCUT2D eigenvalue weighted by molar-refractivity contribution is 0.222. The van der Waals surface area contributed by atoms with Crippen molar-refractivity contribution in [3.8, 4) is 0 Å². The normalized spacial score (nSPS) is 14.7. The molecule has 1 fully saturated rings. The Balaban J connectivity index is 0.00000363.